The summed E-state index contributed by atoms with van der Waals surface area (Å²) in [7, 11) is 0. The average molecular weight is 272 g/mol. The molecular formula is C11H14BrNO2. The molecule has 0 fully saturated rings. The van der Waals surface area contributed by atoms with Crippen LogP contribution in [0.4, 0.5) is 0 Å². The standard InChI is InChI=1S/C11H14BrNO2/c12-9-3-2-8(4-5-13)10-11(9)15-7-1-6-14-10/h2-3H,1,4-7,13H2. The maximum Gasteiger partial charge on any atom is 0.175 e. The first-order valence-electron chi connectivity index (χ1n) is 5.10. The summed E-state index contributed by atoms with van der Waals surface area (Å²) >= 11 is 3.47. The van der Waals surface area contributed by atoms with Gasteiger partial charge in [0.1, 0.15) is 0 Å². The first-order chi connectivity index (χ1) is 7.33. The molecule has 82 valence electrons. The molecule has 0 aromatic heterocycles. The van der Waals surface area contributed by atoms with Crippen LogP contribution in [0, 0.1) is 0 Å². The molecule has 3 nitrogen and oxygen atoms in total. The van der Waals surface area contributed by atoms with Gasteiger partial charge in [-0.25, -0.2) is 0 Å². The molecule has 0 radical (unpaired) electrons. The van der Waals surface area contributed by atoms with Crippen molar-refractivity contribution in [3.63, 3.8) is 0 Å². The molecular weight excluding hydrogens is 258 g/mol. The largest absolute Gasteiger partial charge is 0.489 e. The van der Waals surface area contributed by atoms with Crippen molar-refractivity contribution >= 4 is 15.9 Å². The van der Waals surface area contributed by atoms with Gasteiger partial charge in [-0.3, -0.25) is 0 Å². The molecule has 2 N–H and O–H groups in total. The fourth-order valence-corrected chi connectivity index (χ4v) is 2.06. The molecule has 0 unspecified atom stereocenters. The van der Waals surface area contributed by atoms with Gasteiger partial charge in [-0.2, -0.15) is 0 Å². The van der Waals surface area contributed by atoms with Crippen LogP contribution in [-0.4, -0.2) is 19.8 Å². The number of hydrogen-bond acceptors (Lipinski definition) is 3. The molecule has 0 bridgehead atoms. The Morgan fingerprint density at radius 2 is 1.93 bits per heavy atom. The van der Waals surface area contributed by atoms with Crippen LogP contribution in [0.1, 0.15) is 12.0 Å². The molecule has 15 heavy (non-hydrogen) atoms. The lowest BCUT2D eigenvalue weighted by Crippen LogP contribution is -2.05. The number of nitrogens with two attached hydrogens (primary N) is 1. The van der Waals surface area contributed by atoms with Gasteiger partial charge >= 0.3 is 0 Å². The molecule has 1 aromatic carbocycles. The minimum absolute atomic E-state index is 0.622. The third-order valence-electron chi connectivity index (χ3n) is 2.34. The first-order valence-corrected chi connectivity index (χ1v) is 5.89. The van der Waals surface area contributed by atoms with E-state index in [1.165, 1.54) is 0 Å². The summed E-state index contributed by atoms with van der Waals surface area (Å²) < 4.78 is 12.3. The van der Waals surface area contributed by atoms with Crippen molar-refractivity contribution < 1.29 is 9.47 Å². The first kappa shape index (κ1) is 10.8. The van der Waals surface area contributed by atoms with E-state index >= 15 is 0 Å². The number of rotatable bonds is 2. The van der Waals surface area contributed by atoms with Gasteiger partial charge in [0.15, 0.2) is 11.5 Å². The van der Waals surface area contributed by atoms with Crippen molar-refractivity contribution in [3.05, 3.63) is 22.2 Å². The predicted octanol–water partition coefficient (Wildman–Crippen LogP) is 2.11. The van der Waals surface area contributed by atoms with Crippen LogP contribution in [0.5, 0.6) is 11.5 Å². The Morgan fingerprint density at radius 1 is 1.20 bits per heavy atom. The minimum Gasteiger partial charge on any atom is -0.489 e. The second kappa shape index (κ2) is 4.86. The zero-order valence-corrected chi connectivity index (χ0v) is 10.0. The van der Waals surface area contributed by atoms with Crippen molar-refractivity contribution in [1.82, 2.24) is 0 Å². The molecule has 0 saturated heterocycles. The molecule has 0 saturated carbocycles. The number of halogens is 1. The number of fused-ring (bicyclic) bond motifs is 1. The van der Waals surface area contributed by atoms with E-state index < -0.39 is 0 Å². The third-order valence-corrected chi connectivity index (χ3v) is 2.97. The van der Waals surface area contributed by atoms with E-state index in [9.17, 15) is 0 Å². The van der Waals surface area contributed by atoms with Gasteiger partial charge in [0, 0.05) is 6.42 Å². The fraction of sp³-hybridized carbons (Fsp3) is 0.455. The van der Waals surface area contributed by atoms with Crippen LogP contribution in [-0.2, 0) is 6.42 Å². The Bertz CT molecular complexity index is 355. The molecule has 0 atom stereocenters. The van der Waals surface area contributed by atoms with E-state index in [4.69, 9.17) is 15.2 Å². The lowest BCUT2D eigenvalue weighted by Gasteiger charge is -2.13. The highest BCUT2D eigenvalue weighted by molar-refractivity contribution is 9.10. The van der Waals surface area contributed by atoms with Gasteiger partial charge in [0.05, 0.1) is 17.7 Å². The molecule has 4 heteroatoms. The van der Waals surface area contributed by atoms with E-state index in [1.807, 2.05) is 12.1 Å². The number of hydrogen-bond donors (Lipinski definition) is 1. The van der Waals surface area contributed by atoms with Crippen LogP contribution in [0.2, 0.25) is 0 Å². The number of ether oxygens (including phenoxy) is 2. The van der Waals surface area contributed by atoms with Crippen LogP contribution in [0.25, 0.3) is 0 Å². The van der Waals surface area contributed by atoms with Crippen molar-refractivity contribution in [1.29, 1.82) is 0 Å². The van der Waals surface area contributed by atoms with Gasteiger partial charge < -0.3 is 15.2 Å². The molecule has 0 aliphatic carbocycles. The Kier molecular flexibility index (Phi) is 3.49. The highest BCUT2D eigenvalue weighted by atomic mass is 79.9. The van der Waals surface area contributed by atoms with Gasteiger partial charge in [-0.1, -0.05) is 6.07 Å². The molecule has 1 aromatic rings. The maximum absolute atomic E-state index is 5.70. The summed E-state index contributed by atoms with van der Waals surface area (Å²) in [6.45, 7) is 2.04. The minimum atomic E-state index is 0.622. The smallest absolute Gasteiger partial charge is 0.175 e. The van der Waals surface area contributed by atoms with E-state index in [0.29, 0.717) is 19.8 Å². The summed E-state index contributed by atoms with van der Waals surface area (Å²) in [6, 6.07) is 4.02. The summed E-state index contributed by atoms with van der Waals surface area (Å²) in [4.78, 5) is 0. The molecule has 0 spiro atoms. The van der Waals surface area contributed by atoms with Crippen molar-refractivity contribution in [2.75, 3.05) is 19.8 Å². The normalized spacial score (nSPS) is 14.8. The van der Waals surface area contributed by atoms with Crippen LogP contribution < -0.4 is 15.2 Å². The predicted molar refractivity (Wildman–Crippen MR) is 62.5 cm³/mol. The fourth-order valence-electron chi connectivity index (χ4n) is 1.63. The van der Waals surface area contributed by atoms with Crippen LogP contribution in [0.3, 0.4) is 0 Å². The quantitative estimate of drug-likeness (QED) is 0.896. The maximum atomic E-state index is 5.70. The molecule has 1 aliphatic heterocycles. The summed E-state index contributed by atoms with van der Waals surface area (Å²) in [5.74, 6) is 1.67. The molecule has 2 rings (SSSR count). The van der Waals surface area contributed by atoms with Crippen molar-refractivity contribution in [3.8, 4) is 11.5 Å². The SMILES string of the molecule is NCCc1ccc(Br)c2c1OCCCO2. The summed E-state index contributed by atoms with van der Waals surface area (Å²) in [6.07, 6.45) is 1.74. The number of benzene rings is 1. The highest BCUT2D eigenvalue weighted by Gasteiger charge is 2.17. The van der Waals surface area contributed by atoms with E-state index in [2.05, 4.69) is 15.9 Å². The topological polar surface area (TPSA) is 44.5 Å². The zero-order chi connectivity index (χ0) is 10.7. The highest BCUT2D eigenvalue weighted by Crippen LogP contribution is 2.39. The summed E-state index contributed by atoms with van der Waals surface area (Å²) in [5, 5.41) is 0. The summed E-state index contributed by atoms with van der Waals surface area (Å²) in [5.41, 5.74) is 6.69. The Hall–Kier alpha value is -0.740. The van der Waals surface area contributed by atoms with Crippen LogP contribution in [0.15, 0.2) is 16.6 Å². The molecule has 0 amide bonds. The average Bonchev–Trinajstić information content (AvgIpc) is 2.48. The molecule has 1 heterocycles. The Balaban J connectivity index is 2.41. The Morgan fingerprint density at radius 3 is 2.67 bits per heavy atom. The van der Waals surface area contributed by atoms with Crippen LogP contribution >= 0.6 is 15.9 Å². The van der Waals surface area contributed by atoms with Crippen molar-refractivity contribution in [2.45, 2.75) is 12.8 Å². The van der Waals surface area contributed by atoms with Gasteiger partial charge in [0.25, 0.3) is 0 Å². The molecule has 1 aliphatic rings. The van der Waals surface area contributed by atoms with E-state index in [0.717, 1.165) is 34.4 Å². The lowest BCUT2D eigenvalue weighted by atomic mass is 10.1. The van der Waals surface area contributed by atoms with Gasteiger partial charge in [0.2, 0.25) is 0 Å². The van der Waals surface area contributed by atoms with E-state index in [1.54, 1.807) is 0 Å². The second-order valence-corrected chi connectivity index (χ2v) is 4.31. The monoisotopic (exact) mass is 271 g/mol. The second-order valence-electron chi connectivity index (χ2n) is 3.45. The van der Waals surface area contributed by atoms with Gasteiger partial charge in [-0.05, 0) is 40.5 Å². The lowest BCUT2D eigenvalue weighted by molar-refractivity contribution is 0.295. The van der Waals surface area contributed by atoms with E-state index in [-0.39, 0.29) is 0 Å². The van der Waals surface area contributed by atoms with Crippen molar-refractivity contribution in [2.24, 2.45) is 5.73 Å². The Labute approximate surface area is 97.7 Å². The zero-order valence-electron chi connectivity index (χ0n) is 8.46. The third kappa shape index (κ3) is 2.26. The van der Waals surface area contributed by atoms with Gasteiger partial charge in [-0.15, -0.1) is 0 Å².